The minimum Gasteiger partial charge on any atom is -0.322 e. The molecule has 0 bridgehead atoms. The topological polar surface area (TPSA) is 97.2 Å². The van der Waals surface area contributed by atoms with Crippen molar-refractivity contribution in [3.8, 4) is 0 Å². The summed E-state index contributed by atoms with van der Waals surface area (Å²) in [6, 6.07) is 13.2. The fraction of sp³-hybridized carbons (Fsp3) is 0.261. The number of carbonyl (C=O) groups is 3. The van der Waals surface area contributed by atoms with E-state index in [-0.39, 0.29) is 18.2 Å². The number of aromatic nitrogens is 3. The summed E-state index contributed by atoms with van der Waals surface area (Å²) in [6.07, 6.45) is 3.23. The number of benzene rings is 2. The summed E-state index contributed by atoms with van der Waals surface area (Å²) in [5.41, 5.74) is 4.53. The van der Waals surface area contributed by atoms with Crippen LogP contribution in [0.15, 0.2) is 53.1 Å². The van der Waals surface area contributed by atoms with Gasteiger partial charge in [-0.1, -0.05) is 45.4 Å². The largest absolute Gasteiger partial charge is 0.322 e. The second kappa shape index (κ2) is 8.31. The molecule has 0 radical (unpaired) electrons. The molecular formula is C23H20BrN5O3. The van der Waals surface area contributed by atoms with E-state index in [1.165, 1.54) is 0 Å². The van der Waals surface area contributed by atoms with Crippen LogP contribution >= 0.6 is 15.9 Å². The maximum absolute atomic E-state index is 12.8. The lowest BCUT2D eigenvalue weighted by Gasteiger charge is -2.29. The minimum atomic E-state index is -0.604. The number of hydrogen-bond acceptors (Lipinski definition) is 5. The molecule has 0 spiro atoms. The van der Waals surface area contributed by atoms with Crippen molar-refractivity contribution in [3.05, 3.63) is 81.1 Å². The van der Waals surface area contributed by atoms with E-state index in [0.29, 0.717) is 31.5 Å². The van der Waals surface area contributed by atoms with Crippen molar-refractivity contribution < 1.29 is 14.4 Å². The predicted molar refractivity (Wildman–Crippen MR) is 119 cm³/mol. The first-order valence-corrected chi connectivity index (χ1v) is 11.2. The van der Waals surface area contributed by atoms with E-state index < -0.39 is 11.9 Å². The van der Waals surface area contributed by atoms with Crippen LogP contribution in [0.2, 0.25) is 0 Å². The summed E-state index contributed by atoms with van der Waals surface area (Å²) in [7, 11) is 0. The summed E-state index contributed by atoms with van der Waals surface area (Å²) < 4.78 is 2.82. The Morgan fingerprint density at radius 3 is 2.62 bits per heavy atom. The van der Waals surface area contributed by atoms with Crippen LogP contribution in [-0.2, 0) is 29.1 Å². The monoisotopic (exact) mass is 493 g/mol. The van der Waals surface area contributed by atoms with Gasteiger partial charge in [0.1, 0.15) is 6.04 Å². The average molecular weight is 494 g/mol. The molecule has 1 N–H and O–H groups in total. The third-order valence-electron chi connectivity index (χ3n) is 5.82. The normalized spacial score (nSPS) is 18.1. The molecule has 3 aromatic rings. The van der Waals surface area contributed by atoms with Crippen molar-refractivity contribution in [3.63, 3.8) is 0 Å². The molecule has 2 aromatic carbocycles. The van der Waals surface area contributed by atoms with Gasteiger partial charge in [0.15, 0.2) is 0 Å². The Labute approximate surface area is 192 Å². The highest BCUT2D eigenvalue weighted by molar-refractivity contribution is 9.10. The van der Waals surface area contributed by atoms with Crippen molar-refractivity contribution in [1.29, 1.82) is 0 Å². The zero-order valence-corrected chi connectivity index (χ0v) is 18.7. The Balaban J connectivity index is 1.27. The van der Waals surface area contributed by atoms with Gasteiger partial charge in [-0.05, 0) is 41.3 Å². The Bertz CT molecular complexity index is 1220. The first kappa shape index (κ1) is 20.6. The van der Waals surface area contributed by atoms with E-state index in [4.69, 9.17) is 0 Å². The van der Waals surface area contributed by atoms with E-state index >= 15 is 0 Å². The lowest BCUT2D eigenvalue weighted by molar-refractivity contribution is -0.136. The van der Waals surface area contributed by atoms with Gasteiger partial charge >= 0.3 is 0 Å². The number of amides is 3. The quantitative estimate of drug-likeness (QED) is 0.550. The molecule has 1 atom stereocenters. The molecule has 3 amide bonds. The average Bonchev–Trinajstić information content (AvgIpc) is 3.33. The number of hydrogen-bond donors (Lipinski definition) is 1. The standard InChI is InChI=1S/C23H20BrN5O3/c24-17-4-1-14(2-5-17)10-18-13-28(27-26-18)11-15-3-6-19-16(9-15)12-29(23(19)32)20-7-8-21(30)25-22(20)31/h1-6,9,13,20H,7-8,10-12H2,(H,25,30,31). The van der Waals surface area contributed by atoms with Crippen LogP contribution in [0.4, 0.5) is 0 Å². The molecule has 9 heteroatoms. The molecular weight excluding hydrogens is 474 g/mol. The molecule has 32 heavy (non-hydrogen) atoms. The molecule has 8 nitrogen and oxygen atoms in total. The summed E-state index contributed by atoms with van der Waals surface area (Å²) >= 11 is 3.44. The van der Waals surface area contributed by atoms with Gasteiger partial charge in [0.2, 0.25) is 11.8 Å². The van der Waals surface area contributed by atoms with Crippen molar-refractivity contribution >= 4 is 33.7 Å². The predicted octanol–water partition coefficient (Wildman–Crippen LogP) is 2.44. The second-order valence-electron chi connectivity index (χ2n) is 8.10. The molecule has 2 aliphatic rings. The summed E-state index contributed by atoms with van der Waals surface area (Å²) in [5.74, 6) is -0.854. The van der Waals surface area contributed by atoms with Gasteiger partial charge in [0.25, 0.3) is 5.91 Å². The molecule has 2 aliphatic heterocycles. The number of imide groups is 1. The molecule has 5 rings (SSSR count). The highest BCUT2D eigenvalue weighted by Gasteiger charge is 2.39. The number of nitrogens with zero attached hydrogens (tertiary/aromatic N) is 4. The highest BCUT2D eigenvalue weighted by Crippen LogP contribution is 2.28. The molecule has 3 heterocycles. The zero-order chi connectivity index (χ0) is 22.2. The lowest BCUT2D eigenvalue weighted by atomic mass is 10.0. The Morgan fingerprint density at radius 2 is 1.84 bits per heavy atom. The van der Waals surface area contributed by atoms with Gasteiger partial charge in [-0.3, -0.25) is 19.7 Å². The maximum atomic E-state index is 12.8. The smallest absolute Gasteiger partial charge is 0.255 e. The van der Waals surface area contributed by atoms with Gasteiger partial charge in [-0.2, -0.15) is 0 Å². The van der Waals surface area contributed by atoms with Crippen LogP contribution in [0.1, 0.15) is 45.6 Å². The molecule has 1 aromatic heterocycles. The van der Waals surface area contributed by atoms with Crippen LogP contribution in [0, 0.1) is 0 Å². The molecule has 1 unspecified atom stereocenters. The van der Waals surface area contributed by atoms with Crippen molar-refractivity contribution in [2.24, 2.45) is 0 Å². The summed E-state index contributed by atoms with van der Waals surface area (Å²) in [4.78, 5) is 38.0. The third kappa shape index (κ3) is 4.08. The Kier molecular flexibility index (Phi) is 5.34. The molecule has 0 aliphatic carbocycles. The SMILES string of the molecule is O=C1CCC(N2Cc3cc(Cn4cc(Cc5ccc(Br)cc5)nn4)ccc3C2=O)C(=O)N1. The van der Waals surface area contributed by atoms with Gasteiger partial charge in [0, 0.05) is 35.6 Å². The minimum absolute atomic E-state index is 0.168. The molecule has 0 saturated carbocycles. The van der Waals surface area contributed by atoms with Gasteiger partial charge in [-0.15, -0.1) is 5.10 Å². The first-order chi connectivity index (χ1) is 15.5. The van der Waals surface area contributed by atoms with Crippen LogP contribution < -0.4 is 5.32 Å². The van der Waals surface area contributed by atoms with Gasteiger partial charge in [0.05, 0.1) is 12.2 Å². The van der Waals surface area contributed by atoms with E-state index in [9.17, 15) is 14.4 Å². The summed E-state index contributed by atoms with van der Waals surface area (Å²) in [5, 5.41) is 10.8. The zero-order valence-electron chi connectivity index (χ0n) is 17.1. The number of piperidine rings is 1. The lowest BCUT2D eigenvalue weighted by Crippen LogP contribution is -2.52. The van der Waals surface area contributed by atoms with E-state index in [1.807, 2.05) is 30.5 Å². The summed E-state index contributed by atoms with van der Waals surface area (Å²) in [6.45, 7) is 0.897. The highest BCUT2D eigenvalue weighted by atomic mass is 79.9. The van der Waals surface area contributed by atoms with Crippen LogP contribution in [0.3, 0.4) is 0 Å². The van der Waals surface area contributed by atoms with Gasteiger partial charge < -0.3 is 4.90 Å². The van der Waals surface area contributed by atoms with E-state index in [1.54, 1.807) is 15.6 Å². The number of fused-ring (bicyclic) bond motifs is 1. The molecule has 1 saturated heterocycles. The van der Waals surface area contributed by atoms with Crippen LogP contribution in [0.5, 0.6) is 0 Å². The van der Waals surface area contributed by atoms with Gasteiger partial charge in [-0.25, -0.2) is 4.68 Å². The van der Waals surface area contributed by atoms with E-state index in [2.05, 4.69) is 43.7 Å². The Morgan fingerprint density at radius 1 is 1.06 bits per heavy atom. The fourth-order valence-corrected chi connectivity index (χ4v) is 4.49. The number of carbonyl (C=O) groups excluding carboxylic acids is 3. The van der Waals surface area contributed by atoms with Crippen molar-refractivity contribution in [2.75, 3.05) is 0 Å². The number of nitrogens with one attached hydrogen (secondary N) is 1. The Hall–Kier alpha value is -3.33. The fourth-order valence-electron chi connectivity index (χ4n) is 4.22. The third-order valence-corrected chi connectivity index (χ3v) is 6.35. The second-order valence-corrected chi connectivity index (χ2v) is 9.02. The van der Waals surface area contributed by atoms with E-state index in [0.717, 1.165) is 26.9 Å². The van der Waals surface area contributed by atoms with Crippen molar-refractivity contribution in [2.45, 2.75) is 38.4 Å². The maximum Gasteiger partial charge on any atom is 0.255 e. The van der Waals surface area contributed by atoms with Crippen LogP contribution in [0.25, 0.3) is 0 Å². The molecule has 1 fully saturated rings. The van der Waals surface area contributed by atoms with Crippen LogP contribution in [-0.4, -0.2) is 43.7 Å². The first-order valence-electron chi connectivity index (χ1n) is 10.4. The number of halogens is 1. The van der Waals surface area contributed by atoms with Crippen molar-refractivity contribution in [1.82, 2.24) is 25.2 Å². The number of rotatable bonds is 5. The molecule has 162 valence electrons.